The van der Waals surface area contributed by atoms with Crippen LogP contribution in [0.15, 0.2) is 24.3 Å². The number of hydrogen-bond acceptors (Lipinski definition) is 3. The molecule has 0 aromatic heterocycles. The van der Waals surface area contributed by atoms with Crippen molar-refractivity contribution < 1.29 is 9.90 Å². The summed E-state index contributed by atoms with van der Waals surface area (Å²) in [5.41, 5.74) is 2.08. The second kappa shape index (κ2) is 9.19. The average Bonchev–Trinajstić information content (AvgIpc) is 2.39. The van der Waals surface area contributed by atoms with Crippen LogP contribution in [-0.4, -0.2) is 42.2 Å². The van der Waals surface area contributed by atoms with Gasteiger partial charge in [0, 0.05) is 32.7 Å². The molecule has 1 saturated heterocycles. The molecule has 0 bridgehead atoms. The van der Waals surface area contributed by atoms with Crippen molar-refractivity contribution >= 4 is 30.8 Å². The van der Waals surface area contributed by atoms with Gasteiger partial charge in [-0.15, -0.1) is 24.8 Å². The molecule has 1 aromatic carbocycles. The van der Waals surface area contributed by atoms with Gasteiger partial charge in [-0.05, 0) is 18.1 Å². The lowest BCUT2D eigenvalue weighted by molar-refractivity contribution is -0.138. The van der Waals surface area contributed by atoms with E-state index in [9.17, 15) is 4.79 Å². The van der Waals surface area contributed by atoms with E-state index >= 15 is 0 Å². The maximum absolute atomic E-state index is 11.0. The number of benzene rings is 1. The summed E-state index contributed by atoms with van der Waals surface area (Å²) in [5, 5.41) is 12.4. The van der Waals surface area contributed by atoms with E-state index in [1.165, 1.54) is 5.56 Å². The van der Waals surface area contributed by atoms with Gasteiger partial charge in [0.2, 0.25) is 0 Å². The highest BCUT2D eigenvalue weighted by Crippen LogP contribution is 2.17. The topological polar surface area (TPSA) is 52.6 Å². The minimum atomic E-state index is -0.769. The van der Waals surface area contributed by atoms with Gasteiger partial charge in [-0.3, -0.25) is 9.69 Å². The number of carboxylic acid groups (broad SMARTS) is 1. The van der Waals surface area contributed by atoms with E-state index in [1.807, 2.05) is 18.2 Å². The Morgan fingerprint density at radius 2 is 2.00 bits per heavy atom. The Bertz CT molecular complexity index is 423. The molecule has 1 aliphatic heterocycles. The molecule has 0 saturated carbocycles. The Hall–Kier alpha value is -0.810. The Morgan fingerprint density at radius 1 is 1.35 bits per heavy atom. The minimum absolute atomic E-state index is 0. The van der Waals surface area contributed by atoms with Gasteiger partial charge in [0.25, 0.3) is 0 Å². The lowest BCUT2D eigenvalue weighted by Crippen LogP contribution is -2.42. The first-order chi connectivity index (χ1) is 8.66. The van der Waals surface area contributed by atoms with Crippen LogP contribution in [-0.2, 0) is 11.3 Å². The summed E-state index contributed by atoms with van der Waals surface area (Å²) in [6.07, 6.45) is 0. The quantitative estimate of drug-likeness (QED) is 0.892. The zero-order valence-electron chi connectivity index (χ0n) is 11.5. The first-order valence-corrected chi connectivity index (χ1v) is 6.41. The molecule has 1 aromatic rings. The predicted molar refractivity (Wildman–Crippen MR) is 85.1 cm³/mol. The van der Waals surface area contributed by atoms with Crippen molar-refractivity contribution in [2.45, 2.75) is 19.4 Å². The lowest BCUT2D eigenvalue weighted by Gasteiger charge is -2.27. The van der Waals surface area contributed by atoms with Gasteiger partial charge in [-0.25, -0.2) is 0 Å². The van der Waals surface area contributed by atoms with Gasteiger partial charge >= 0.3 is 5.97 Å². The zero-order valence-corrected chi connectivity index (χ0v) is 13.2. The van der Waals surface area contributed by atoms with Crippen molar-refractivity contribution in [3.63, 3.8) is 0 Å². The molecule has 2 rings (SSSR count). The van der Waals surface area contributed by atoms with Crippen molar-refractivity contribution in [2.75, 3.05) is 26.2 Å². The normalized spacial score (nSPS) is 16.6. The summed E-state index contributed by atoms with van der Waals surface area (Å²) >= 11 is 0. The number of halogens is 2. The minimum Gasteiger partial charge on any atom is -0.481 e. The number of hydrogen-bond donors (Lipinski definition) is 2. The molecule has 0 radical (unpaired) electrons. The van der Waals surface area contributed by atoms with Crippen LogP contribution in [0.5, 0.6) is 0 Å². The van der Waals surface area contributed by atoms with Crippen LogP contribution < -0.4 is 5.32 Å². The van der Waals surface area contributed by atoms with Crippen LogP contribution in [0.25, 0.3) is 0 Å². The SMILES string of the molecule is CC(C(=O)O)c1cccc(CN2CCNCC2)c1.Cl.Cl. The van der Waals surface area contributed by atoms with Crippen LogP contribution in [0.3, 0.4) is 0 Å². The molecule has 4 nitrogen and oxygen atoms in total. The molecule has 1 heterocycles. The second-order valence-corrected chi connectivity index (χ2v) is 4.83. The van der Waals surface area contributed by atoms with Crippen molar-refractivity contribution in [1.82, 2.24) is 10.2 Å². The Morgan fingerprint density at radius 3 is 2.60 bits per heavy atom. The molecular weight excluding hydrogens is 299 g/mol. The average molecular weight is 321 g/mol. The molecule has 114 valence electrons. The van der Waals surface area contributed by atoms with Gasteiger partial charge in [0.05, 0.1) is 5.92 Å². The number of nitrogens with zero attached hydrogens (tertiary/aromatic N) is 1. The van der Waals surface area contributed by atoms with E-state index in [1.54, 1.807) is 6.92 Å². The zero-order chi connectivity index (χ0) is 13.0. The van der Waals surface area contributed by atoms with E-state index in [-0.39, 0.29) is 24.8 Å². The standard InChI is InChI=1S/C14H20N2O2.2ClH/c1-11(14(17)18)13-4-2-3-12(9-13)10-16-7-5-15-6-8-16;;/h2-4,9,11,15H,5-8,10H2,1H3,(H,17,18);2*1H. The summed E-state index contributed by atoms with van der Waals surface area (Å²) in [7, 11) is 0. The van der Waals surface area contributed by atoms with Gasteiger partial charge in [-0.2, -0.15) is 0 Å². The summed E-state index contributed by atoms with van der Waals surface area (Å²) in [6.45, 7) is 6.81. The number of carboxylic acids is 1. The highest BCUT2D eigenvalue weighted by Gasteiger charge is 2.15. The molecule has 1 unspecified atom stereocenters. The van der Waals surface area contributed by atoms with Crippen LogP contribution in [0.2, 0.25) is 0 Å². The third kappa shape index (κ3) is 5.29. The van der Waals surface area contributed by atoms with Crippen molar-refractivity contribution in [1.29, 1.82) is 0 Å². The van der Waals surface area contributed by atoms with E-state index in [4.69, 9.17) is 5.11 Å². The third-order valence-electron chi connectivity index (χ3n) is 3.44. The highest BCUT2D eigenvalue weighted by atomic mass is 35.5. The summed E-state index contributed by atoms with van der Waals surface area (Å²) in [5.74, 6) is -1.21. The summed E-state index contributed by atoms with van der Waals surface area (Å²) in [4.78, 5) is 13.4. The van der Waals surface area contributed by atoms with Gasteiger partial charge in [-0.1, -0.05) is 24.3 Å². The molecule has 0 amide bonds. The van der Waals surface area contributed by atoms with Gasteiger partial charge in [0.15, 0.2) is 0 Å². The van der Waals surface area contributed by atoms with Crippen LogP contribution in [0, 0.1) is 0 Å². The molecule has 2 N–H and O–H groups in total. The van der Waals surface area contributed by atoms with E-state index in [0.29, 0.717) is 0 Å². The number of rotatable bonds is 4. The fraction of sp³-hybridized carbons (Fsp3) is 0.500. The van der Waals surface area contributed by atoms with Crippen molar-refractivity contribution in [3.05, 3.63) is 35.4 Å². The van der Waals surface area contributed by atoms with Crippen LogP contribution >= 0.6 is 24.8 Å². The third-order valence-corrected chi connectivity index (χ3v) is 3.44. The Balaban J connectivity index is 0.00000180. The van der Waals surface area contributed by atoms with Crippen LogP contribution in [0.1, 0.15) is 24.0 Å². The fourth-order valence-electron chi connectivity index (χ4n) is 2.23. The monoisotopic (exact) mass is 320 g/mol. The fourth-order valence-corrected chi connectivity index (χ4v) is 2.23. The predicted octanol–water partition coefficient (Wildman–Crippen LogP) is 2.12. The number of nitrogens with one attached hydrogen (secondary N) is 1. The number of aliphatic carboxylic acids is 1. The lowest BCUT2D eigenvalue weighted by atomic mass is 9.99. The first kappa shape index (κ1) is 19.2. The van der Waals surface area contributed by atoms with Crippen molar-refractivity contribution in [3.8, 4) is 0 Å². The largest absolute Gasteiger partial charge is 0.481 e. The molecule has 0 aliphatic carbocycles. The number of carbonyl (C=O) groups is 1. The molecule has 6 heteroatoms. The van der Waals surface area contributed by atoms with Gasteiger partial charge < -0.3 is 10.4 Å². The van der Waals surface area contributed by atoms with E-state index < -0.39 is 11.9 Å². The first-order valence-electron chi connectivity index (χ1n) is 6.41. The summed E-state index contributed by atoms with van der Waals surface area (Å²) in [6, 6.07) is 7.92. The van der Waals surface area contributed by atoms with E-state index in [0.717, 1.165) is 38.3 Å². The summed E-state index contributed by atoms with van der Waals surface area (Å²) < 4.78 is 0. The molecule has 20 heavy (non-hydrogen) atoms. The Kier molecular flexibility index (Phi) is 8.81. The smallest absolute Gasteiger partial charge is 0.310 e. The highest BCUT2D eigenvalue weighted by molar-refractivity contribution is 5.85. The molecule has 0 spiro atoms. The molecule has 1 atom stereocenters. The molecule has 1 aliphatic rings. The molecular formula is C14H22Cl2N2O2. The Labute approximate surface area is 132 Å². The van der Waals surface area contributed by atoms with Crippen LogP contribution in [0.4, 0.5) is 0 Å². The van der Waals surface area contributed by atoms with Gasteiger partial charge in [0.1, 0.15) is 0 Å². The maximum Gasteiger partial charge on any atom is 0.310 e. The molecule has 1 fully saturated rings. The number of piperazine rings is 1. The second-order valence-electron chi connectivity index (χ2n) is 4.83. The van der Waals surface area contributed by atoms with E-state index in [2.05, 4.69) is 16.3 Å². The van der Waals surface area contributed by atoms with Crippen molar-refractivity contribution in [2.24, 2.45) is 0 Å². The maximum atomic E-state index is 11.0.